The Hall–Kier alpha value is -1.36. The molecule has 0 amide bonds. The number of fused-ring (bicyclic) bond motifs is 1. The Morgan fingerprint density at radius 1 is 1.31 bits per heavy atom. The van der Waals surface area contributed by atoms with Crippen LogP contribution in [0.3, 0.4) is 0 Å². The SMILES string of the molecule is CC(NCC(F)F)c1ccc2c(c1)OCO2. The van der Waals surface area contributed by atoms with Gasteiger partial charge in [0.25, 0.3) is 6.43 Å². The summed E-state index contributed by atoms with van der Waals surface area (Å²) in [6, 6.07) is 5.31. The highest BCUT2D eigenvalue weighted by molar-refractivity contribution is 5.45. The highest BCUT2D eigenvalue weighted by Gasteiger charge is 2.16. The van der Waals surface area contributed by atoms with Gasteiger partial charge in [-0.15, -0.1) is 0 Å². The molecule has 1 aliphatic rings. The molecule has 0 aromatic heterocycles. The lowest BCUT2D eigenvalue weighted by atomic mass is 10.1. The highest BCUT2D eigenvalue weighted by Crippen LogP contribution is 2.34. The van der Waals surface area contributed by atoms with Crippen LogP contribution in [0.25, 0.3) is 0 Å². The number of nitrogens with one attached hydrogen (secondary N) is 1. The van der Waals surface area contributed by atoms with Crippen LogP contribution in [-0.2, 0) is 0 Å². The van der Waals surface area contributed by atoms with E-state index in [1.807, 2.05) is 19.1 Å². The number of benzene rings is 1. The van der Waals surface area contributed by atoms with Crippen molar-refractivity contribution in [3.05, 3.63) is 23.8 Å². The largest absolute Gasteiger partial charge is 0.454 e. The Morgan fingerprint density at radius 3 is 2.81 bits per heavy atom. The normalized spacial score (nSPS) is 15.5. The maximum Gasteiger partial charge on any atom is 0.250 e. The van der Waals surface area contributed by atoms with E-state index in [0.717, 1.165) is 5.56 Å². The Balaban J connectivity index is 2.03. The Labute approximate surface area is 92.4 Å². The average molecular weight is 229 g/mol. The van der Waals surface area contributed by atoms with Gasteiger partial charge < -0.3 is 14.8 Å². The van der Waals surface area contributed by atoms with Crippen LogP contribution < -0.4 is 14.8 Å². The van der Waals surface area contributed by atoms with E-state index in [-0.39, 0.29) is 19.4 Å². The second kappa shape index (κ2) is 4.65. The number of halogens is 2. The number of hydrogen-bond acceptors (Lipinski definition) is 3. The zero-order valence-electron chi connectivity index (χ0n) is 8.87. The van der Waals surface area contributed by atoms with Gasteiger partial charge in [-0.3, -0.25) is 0 Å². The third-order valence-corrected chi connectivity index (χ3v) is 2.47. The fourth-order valence-corrected chi connectivity index (χ4v) is 1.57. The molecule has 2 rings (SSSR count). The standard InChI is InChI=1S/C11H13F2NO2/c1-7(14-5-11(12)13)8-2-3-9-10(4-8)16-6-15-9/h2-4,7,11,14H,5-6H2,1H3. The van der Waals surface area contributed by atoms with Crippen molar-refractivity contribution in [2.45, 2.75) is 19.4 Å². The predicted octanol–water partition coefficient (Wildman–Crippen LogP) is 2.33. The molecule has 0 fully saturated rings. The zero-order chi connectivity index (χ0) is 11.5. The van der Waals surface area contributed by atoms with Gasteiger partial charge in [-0.25, -0.2) is 8.78 Å². The topological polar surface area (TPSA) is 30.5 Å². The van der Waals surface area contributed by atoms with Crippen LogP contribution in [0.2, 0.25) is 0 Å². The molecule has 1 atom stereocenters. The van der Waals surface area contributed by atoms with E-state index in [1.54, 1.807) is 6.07 Å². The zero-order valence-corrected chi connectivity index (χ0v) is 8.87. The summed E-state index contributed by atoms with van der Waals surface area (Å²) in [5, 5.41) is 2.74. The van der Waals surface area contributed by atoms with Gasteiger partial charge in [-0.1, -0.05) is 6.07 Å². The molecule has 1 aliphatic heterocycles. The third-order valence-electron chi connectivity index (χ3n) is 2.47. The van der Waals surface area contributed by atoms with E-state index >= 15 is 0 Å². The van der Waals surface area contributed by atoms with Crippen molar-refractivity contribution in [3.8, 4) is 11.5 Å². The Bertz CT molecular complexity index is 371. The fraction of sp³-hybridized carbons (Fsp3) is 0.455. The van der Waals surface area contributed by atoms with Crippen molar-refractivity contribution in [2.24, 2.45) is 0 Å². The minimum absolute atomic E-state index is 0.136. The van der Waals surface area contributed by atoms with E-state index in [4.69, 9.17) is 9.47 Å². The van der Waals surface area contributed by atoms with Crippen LogP contribution in [0.4, 0.5) is 8.78 Å². The van der Waals surface area contributed by atoms with Gasteiger partial charge in [0, 0.05) is 6.04 Å². The molecule has 0 spiro atoms. The van der Waals surface area contributed by atoms with Gasteiger partial charge in [-0.2, -0.15) is 0 Å². The summed E-state index contributed by atoms with van der Waals surface area (Å²) in [6.07, 6.45) is -2.34. The first-order valence-electron chi connectivity index (χ1n) is 5.08. The maximum absolute atomic E-state index is 12.0. The minimum Gasteiger partial charge on any atom is -0.454 e. The van der Waals surface area contributed by atoms with E-state index in [1.165, 1.54) is 0 Å². The molecule has 0 bridgehead atoms. The van der Waals surface area contributed by atoms with Crippen molar-refractivity contribution in [3.63, 3.8) is 0 Å². The molecule has 1 aromatic rings. The van der Waals surface area contributed by atoms with Gasteiger partial charge in [0.1, 0.15) is 0 Å². The number of alkyl halides is 2. The lowest BCUT2D eigenvalue weighted by Crippen LogP contribution is -2.24. The van der Waals surface area contributed by atoms with E-state index < -0.39 is 6.43 Å². The maximum atomic E-state index is 12.0. The number of hydrogen-bond donors (Lipinski definition) is 1. The molecule has 0 saturated carbocycles. The van der Waals surface area contributed by atoms with E-state index in [9.17, 15) is 8.78 Å². The molecule has 0 radical (unpaired) electrons. The van der Waals surface area contributed by atoms with Crippen LogP contribution in [0.1, 0.15) is 18.5 Å². The Kier molecular flexibility index (Phi) is 3.24. The van der Waals surface area contributed by atoms with Crippen LogP contribution >= 0.6 is 0 Å². The first-order chi connectivity index (χ1) is 7.66. The first-order valence-corrected chi connectivity index (χ1v) is 5.08. The van der Waals surface area contributed by atoms with Crippen molar-refractivity contribution in [1.29, 1.82) is 0 Å². The number of rotatable bonds is 4. The van der Waals surface area contributed by atoms with E-state index in [2.05, 4.69) is 5.32 Å². The van der Waals surface area contributed by atoms with Gasteiger partial charge >= 0.3 is 0 Å². The second-order valence-corrected chi connectivity index (χ2v) is 3.63. The lowest BCUT2D eigenvalue weighted by molar-refractivity contribution is 0.142. The molecular formula is C11H13F2NO2. The summed E-state index contributed by atoms with van der Waals surface area (Å²) < 4.78 is 34.4. The van der Waals surface area contributed by atoms with Gasteiger partial charge in [0.2, 0.25) is 6.79 Å². The molecular weight excluding hydrogens is 216 g/mol. The quantitative estimate of drug-likeness (QED) is 0.859. The molecule has 16 heavy (non-hydrogen) atoms. The van der Waals surface area contributed by atoms with Crippen molar-refractivity contribution >= 4 is 0 Å². The summed E-state index contributed by atoms with van der Waals surface area (Å²) in [4.78, 5) is 0. The van der Waals surface area contributed by atoms with E-state index in [0.29, 0.717) is 11.5 Å². The molecule has 3 nitrogen and oxygen atoms in total. The molecule has 0 aliphatic carbocycles. The van der Waals surface area contributed by atoms with Crippen LogP contribution in [-0.4, -0.2) is 19.8 Å². The summed E-state index contributed by atoms with van der Waals surface area (Å²) in [6.45, 7) is 1.74. The summed E-state index contributed by atoms with van der Waals surface area (Å²) >= 11 is 0. The molecule has 88 valence electrons. The first kappa shape index (κ1) is 11.1. The van der Waals surface area contributed by atoms with Crippen LogP contribution in [0.5, 0.6) is 11.5 Å². The second-order valence-electron chi connectivity index (χ2n) is 3.63. The average Bonchev–Trinajstić information content (AvgIpc) is 2.72. The van der Waals surface area contributed by atoms with Crippen molar-refractivity contribution < 1.29 is 18.3 Å². The van der Waals surface area contributed by atoms with Crippen molar-refractivity contribution in [1.82, 2.24) is 5.32 Å². The van der Waals surface area contributed by atoms with Crippen LogP contribution in [0.15, 0.2) is 18.2 Å². The summed E-state index contributed by atoms with van der Waals surface area (Å²) in [5.41, 5.74) is 0.907. The predicted molar refractivity (Wildman–Crippen MR) is 55.0 cm³/mol. The summed E-state index contributed by atoms with van der Waals surface area (Å²) in [7, 11) is 0. The number of ether oxygens (including phenoxy) is 2. The Morgan fingerprint density at radius 2 is 2.06 bits per heavy atom. The van der Waals surface area contributed by atoms with Gasteiger partial charge in [0.15, 0.2) is 11.5 Å². The smallest absolute Gasteiger partial charge is 0.250 e. The molecule has 5 heteroatoms. The fourth-order valence-electron chi connectivity index (χ4n) is 1.57. The molecule has 0 saturated heterocycles. The lowest BCUT2D eigenvalue weighted by Gasteiger charge is -2.14. The third kappa shape index (κ3) is 2.41. The monoisotopic (exact) mass is 229 g/mol. The minimum atomic E-state index is -2.34. The molecule has 1 aromatic carbocycles. The van der Waals surface area contributed by atoms with Gasteiger partial charge in [0.05, 0.1) is 6.54 Å². The molecule has 1 N–H and O–H groups in total. The van der Waals surface area contributed by atoms with Gasteiger partial charge in [-0.05, 0) is 24.6 Å². The van der Waals surface area contributed by atoms with Crippen molar-refractivity contribution in [2.75, 3.05) is 13.3 Å². The molecule has 1 unspecified atom stereocenters. The summed E-state index contributed by atoms with van der Waals surface area (Å²) in [5.74, 6) is 1.37. The highest BCUT2D eigenvalue weighted by atomic mass is 19.3. The van der Waals surface area contributed by atoms with Crippen LogP contribution in [0, 0.1) is 0 Å². The molecule has 1 heterocycles.